The third-order valence-electron chi connectivity index (χ3n) is 5.30. The van der Waals surface area contributed by atoms with Crippen LogP contribution in [0.3, 0.4) is 0 Å². The summed E-state index contributed by atoms with van der Waals surface area (Å²) in [5.74, 6) is -0.837. The lowest BCUT2D eigenvalue weighted by Gasteiger charge is -2.33. The smallest absolute Gasteiger partial charge is 0.249 e. The number of fused-ring (bicyclic) bond motifs is 1. The van der Waals surface area contributed by atoms with Crippen molar-refractivity contribution in [2.75, 3.05) is 10.2 Å². The number of thiophene rings is 1. The maximum absolute atomic E-state index is 13.9. The van der Waals surface area contributed by atoms with Gasteiger partial charge in [-0.3, -0.25) is 19.3 Å². The van der Waals surface area contributed by atoms with Crippen molar-refractivity contribution in [1.29, 1.82) is 0 Å². The van der Waals surface area contributed by atoms with Gasteiger partial charge in [0.1, 0.15) is 18.1 Å². The van der Waals surface area contributed by atoms with Crippen LogP contribution in [0.5, 0.6) is 0 Å². The third kappa shape index (κ3) is 5.77. The first kappa shape index (κ1) is 25.1. The van der Waals surface area contributed by atoms with Gasteiger partial charge >= 0.3 is 0 Å². The van der Waals surface area contributed by atoms with Gasteiger partial charge in [0.15, 0.2) is 0 Å². The first-order chi connectivity index (χ1) is 17.1. The minimum atomic E-state index is -0.913. The maximum Gasteiger partial charge on any atom is 0.249 e. The van der Waals surface area contributed by atoms with Crippen molar-refractivity contribution >= 4 is 51.5 Å². The lowest BCUT2D eigenvalue weighted by molar-refractivity contribution is -0.128. The van der Waals surface area contributed by atoms with E-state index in [0.717, 1.165) is 5.52 Å². The molecule has 2 aromatic heterocycles. The molecule has 0 bridgehead atoms. The number of nitrogens with one attached hydrogen (secondary N) is 2. The zero-order chi connectivity index (χ0) is 25.9. The number of nitrogens with zero attached hydrogens (tertiary/aromatic N) is 4. The van der Waals surface area contributed by atoms with E-state index in [4.69, 9.17) is 0 Å². The van der Waals surface area contributed by atoms with Crippen LogP contribution >= 0.6 is 11.3 Å². The van der Waals surface area contributed by atoms with Gasteiger partial charge in [-0.15, -0.1) is 5.10 Å². The van der Waals surface area contributed by atoms with Crippen LogP contribution in [0.4, 0.5) is 11.4 Å². The van der Waals surface area contributed by atoms with Gasteiger partial charge in [-0.25, -0.2) is 4.68 Å². The average molecular weight is 505 g/mol. The van der Waals surface area contributed by atoms with Crippen LogP contribution in [0.15, 0.2) is 65.4 Å². The topological polar surface area (TPSA) is 109 Å². The first-order valence-corrected chi connectivity index (χ1v) is 12.4. The van der Waals surface area contributed by atoms with Gasteiger partial charge in [0.05, 0.1) is 5.52 Å². The summed E-state index contributed by atoms with van der Waals surface area (Å²) in [5, 5.41) is 17.8. The first-order valence-electron chi connectivity index (χ1n) is 11.4. The molecule has 36 heavy (non-hydrogen) atoms. The molecular weight excluding hydrogens is 476 g/mol. The van der Waals surface area contributed by atoms with E-state index in [0.29, 0.717) is 22.5 Å². The fourth-order valence-electron chi connectivity index (χ4n) is 3.87. The second-order valence-corrected chi connectivity index (χ2v) is 10.2. The molecule has 1 atom stereocenters. The van der Waals surface area contributed by atoms with Gasteiger partial charge in [-0.2, -0.15) is 11.3 Å². The van der Waals surface area contributed by atoms with Gasteiger partial charge in [-0.1, -0.05) is 17.3 Å². The Kier molecular flexibility index (Phi) is 7.16. The van der Waals surface area contributed by atoms with Gasteiger partial charge in [0.2, 0.25) is 17.7 Å². The molecule has 0 spiro atoms. The summed E-state index contributed by atoms with van der Waals surface area (Å²) in [6.45, 7) is 7.00. The monoisotopic (exact) mass is 504 g/mol. The van der Waals surface area contributed by atoms with E-state index in [9.17, 15) is 14.4 Å². The molecule has 10 heteroatoms. The number of benzene rings is 2. The molecule has 0 aliphatic heterocycles. The normalized spacial score (nSPS) is 12.2. The molecule has 0 saturated carbocycles. The van der Waals surface area contributed by atoms with Crippen LogP contribution in [0.25, 0.3) is 11.0 Å². The van der Waals surface area contributed by atoms with Gasteiger partial charge < -0.3 is 10.6 Å². The van der Waals surface area contributed by atoms with Gasteiger partial charge in [-0.05, 0) is 79.6 Å². The van der Waals surface area contributed by atoms with Crippen molar-refractivity contribution in [1.82, 2.24) is 20.3 Å². The number of aromatic nitrogens is 3. The summed E-state index contributed by atoms with van der Waals surface area (Å²) in [5.41, 5.74) is 2.70. The number of anilines is 2. The lowest BCUT2D eigenvalue weighted by Crippen LogP contribution is -2.50. The molecule has 2 aromatic carbocycles. The SMILES string of the molecule is CC(=O)Nc1ccc(N(C(=O)Cn2nnc3ccccc32)C(C(=O)NC(C)(C)C)c2ccsc2)cc1. The number of carbonyl (C=O) groups excluding carboxylic acids is 3. The number of carbonyl (C=O) groups is 3. The average Bonchev–Trinajstić information content (AvgIpc) is 3.47. The van der Waals surface area contributed by atoms with Crippen molar-refractivity contribution in [3.8, 4) is 0 Å². The number of hydrogen-bond acceptors (Lipinski definition) is 6. The molecule has 3 amide bonds. The van der Waals surface area contributed by atoms with Crippen molar-refractivity contribution in [3.05, 3.63) is 70.9 Å². The Hall–Kier alpha value is -4.05. The molecule has 2 heterocycles. The molecule has 1 unspecified atom stereocenters. The minimum absolute atomic E-state index is 0.114. The summed E-state index contributed by atoms with van der Waals surface area (Å²) < 4.78 is 1.53. The molecule has 0 saturated heterocycles. The predicted octanol–water partition coefficient (Wildman–Crippen LogP) is 4.14. The highest BCUT2D eigenvalue weighted by atomic mass is 32.1. The quantitative estimate of drug-likeness (QED) is 0.393. The van der Waals surface area contributed by atoms with Crippen molar-refractivity contribution in [2.24, 2.45) is 0 Å². The predicted molar refractivity (Wildman–Crippen MR) is 141 cm³/mol. The Bertz CT molecular complexity index is 1370. The zero-order valence-electron chi connectivity index (χ0n) is 20.6. The highest BCUT2D eigenvalue weighted by Gasteiger charge is 2.35. The van der Waals surface area contributed by atoms with Crippen LogP contribution in [0, 0.1) is 0 Å². The zero-order valence-corrected chi connectivity index (χ0v) is 21.4. The van der Waals surface area contributed by atoms with Crippen molar-refractivity contribution in [3.63, 3.8) is 0 Å². The molecule has 0 aliphatic rings. The van der Waals surface area contributed by atoms with Crippen LogP contribution < -0.4 is 15.5 Å². The molecule has 4 rings (SSSR count). The second kappa shape index (κ2) is 10.3. The maximum atomic E-state index is 13.9. The summed E-state index contributed by atoms with van der Waals surface area (Å²) in [4.78, 5) is 40.5. The van der Waals surface area contributed by atoms with E-state index in [2.05, 4.69) is 20.9 Å². The highest BCUT2D eigenvalue weighted by molar-refractivity contribution is 7.08. The molecule has 2 N–H and O–H groups in total. The molecule has 0 aliphatic carbocycles. The Morgan fingerprint density at radius 1 is 1.06 bits per heavy atom. The number of hydrogen-bond donors (Lipinski definition) is 2. The van der Waals surface area contributed by atoms with Crippen LogP contribution in [0.1, 0.15) is 39.3 Å². The molecule has 4 aromatic rings. The Labute approximate surface area is 213 Å². The standard InChI is InChI=1S/C26H28N6O3S/c1-17(33)27-19-9-11-20(12-10-19)32(23(34)15-31-22-8-6-5-7-21(22)29-30-31)24(18-13-14-36-16-18)25(35)28-26(2,3)4/h5-14,16,24H,15H2,1-4H3,(H,27,33)(H,28,35). The largest absolute Gasteiger partial charge is 0.349 e. The van der Waals surface area contributed by atoms with Gasteiger partial charge in [0.25, 0.3) is 0 Å². The van der Waals surface area contributed by atoms with Crippen molar-refractivity contribution < 1.29 is 14.4 Å². The van der Waals surface area contributed by atoms with Crippen LogP contribution in [0.2, 0.25) is 0 Å². The fourth-order valence-corrected chi connectivity index (χ4v) is 4.55. The van der Waals surface area contributed by atoms with E-state index < -0.39 is 11.6 Å². The molecule has 0 fully saturated rings. The lowest BCUT2D eigenvalue weighted by atomic mass is 10.0. The van der Waals surface area contributed by atoms with E-state index in [1.165, 1.54) is 27.8 Å². The van der Waals surface area contributed by atoms with Crippen LogP contribution in [-0.4, -0.2) is 38.3 Å². The van der Waals surface area contributed by atoms with E-state index in [1.54, 1.807) is 24.3 Å². The van der Waals surface area contributed by atoms with E-state index in [-0.39, 0.29) is 24.3 Å². The van der Waals surface area contributed by atoms with Gasteiger partial charge in [0, 0.05) is 23.8 Å². The van der Waals surface area contributed by atoms with E-state index >= 15 is 0 Å². The van der Waals surface area contributed by atoms with Crippen LogP contribution in [-0.2, 0) is 20.9 Å². The third-order valence-corrected chi connectivity index (χ3v) is 6.00. The molecule has 9 nitrogen and oxygen atoms in total. The Morgan fingerprint density at radius 2 is 1.78 bits per heavy atom. The highest BCUT2D eigenvalue weighted by Crippen LogP contribution is 2.31. The summed E-state index contributed by atoms with van der Waals surface area (Å²) in [6.07, 6.45) is 0. The van der Waals surface area contributed by atoms with E-state index in [1.807, 2.05) is 61.9 Å². The second-order valence-electron chi connectivity index (χ2n) is 9.43. The fraction of sp³-hybridized carbons (Fsp3) is 0.269. The minimum Gasteiger partial charge on any atom is -0.349 e. The number of amides is 3. The number of para-hydroxylation sites is 1. The molecule has 0 radical (unpaired) electrons. The Balaban J connectivity index is 1.77. The molecule has 186 valence electrons. The molecular formula is C26H28N6O3S. The Morgan fingerprint density at radius 3 is 2.42 bits per heavy atom. The summed E-state index contributed by atoms with van der Waals surface area (Å²) in [6, 6.07) is 15.1. The summed E-state index contributed by atoms with van der Waals surface area (Å²) >= 11 is 1.45. The summed E-state index contributed by atoms with van der Waals surface area (Å²) in [7, 11) is 0. The van der Waals surface area contributed by atoms with Crippen molar-refractivity contribution in [2.45, 2.75) is 45.8 Å². The number of rotatable bonds is 7.